The van der Waals surface area contributed by atoms with E-state index in [9.17, 15) is 18.0 Å². The van der Waals surface area contributed by atoms with Gasteiger partial charge >= 0.3 is 5.97 Å². The van der Waals surface area contributed by atoms with E-state index in [0.29, 0.717) is 0 Å². The first-order valence-electron chi connectivity index (χ1n) is 5.33. The maximum Gasteiger partial charge on any atom is 0.325 e. The number of nitrogens with one attached hydrogen (secondary N) is 1. The van der Waals surface area contributed by atoms with Crippen molar-refractivity contribution in [3.05, 3.63) is 11.4 Å². The fourth-order valence-corrected chi connectivity index (χ4v) is 2.79. The number of nitrogens with zero attached hydrogens (tertiary/aromatic N) is 2. The second kappa shape index (κ2) is 5.98. The number of aryl methyl sites for hydroxylation is 1. The summed E-state index contributed by atoms with van der Waals surface area (Å²) in [4.78, 5) is 27.1. The van der Waals surface area contributed by atoms with E-state index < -0.39 is 35.1 Å². The number of primary amides is 1. The summed E-state index contributed by atoms with van der Waals surface area (Å²) in [6.45, 7) is 1.73. The molecule has 0 bridgehead atoms. The molecule has 11 heteroatoms. The second-order valence-electron chi connectivity index (χ2n) is 3.89. The lowest BCUT2D eigenvalue weighted by atomic mass is 10.4. The molecule has 112 valence electrons. The third kappa shape index (κ3) is 3.76. The van der Waals surface area contributed by atoms with Crippen LogP contribution < -0.4 is 10.6 Å². The Bertz CT molecular complexity index is 635. The van der Waals surface area contributed by atoms with Gasteiger partial charge in [-0.1, -0.05) is 4.89 Å². The van der Waals surface area contributed by atoms with E-state index in [-0.39, 0.29) is 16.3 Å². The summed E-state index contributed by atoms with van der Waals surface area (Å²) in [5.41, 5.74) is 5.05. The van der Waals surface area contributed by atoms with E-state index in [4.69, 9.17) is 10.8 Å². The predicted octanol–water partition coefficient (Wildman–Crippen LogP) is -1.72. The third-order valence-electron chi connectivity index (χ3n) is 2.25. The van der Waals surface area contributed by atoms with Gasteiger partial charge in [0, 0.05) is 0 Å². The van der Waals surface area contributed by atoms with Gasteiger partial charge in [0.05, 0.1) is 11.4 Å². The molecule has 0 spiro atoms. The third-order valence-corrected chi connectivity index (χ3v) is 3.72. The van der Waals surface area contributed by atoms with E-state index in [1.165, 1.54) is 13.8 Å². The molecule has 10 nitrogen and oxygen atoms in total. The molecule has 0 aromatic carbocycles. The number of sulfonamides is 1. The van der Waals surface area contributed by atoms with Crippen LogP contribution in [0.1, 0.15) is 11.4 Å². The number of carboxylic acids is 1. The molecule has 0 fully saturated rings. The Morgan fingerprint density at radius 2 is 2.05 bits per heavy atom. The molecule has 0 radical (unpaired) electrons. The number of rotatable bonds is 7. The van der Waals surface area contributed by atoms with Crippen LogP contribution in [0.4, 0.5) is 0 Å². The molecule has 20 heavy (non-hydrogen) atoms. The molecule has 1 aromatic rings. The number of hydrogen-bond donors (Lipinski definition) is 3. The van der Waals surface area contributed by atoms with Gasteiger partial charge in [-0.15, -0.1) is 0 Å². The Kier molecular flexibility index (Phi) is 4.81. The van der Waals surface area contributed by atoms with Crippen molar-refractivity contribution < 1.29 is 28.0 Å². The molecular formula is C9H14N4O6S. The van der Waals surface area contributed by atoms with Crippen molar-refractivity contribution in [2.75, 3.05) is 6.61 Å². The Morgan fingerprint density at radius 1 is 1.45 bits per heavy atom. The molecule has 1 aromatic heterocycles. The van der Waals surface area contributed by atoms with Crippen LogP contribution in [-0.4, -0.2) is 41.8 Å². The minimum atomic E-state index is -4.09. The van der Waals surface area contributed by atoms with E-state index >= 15 is 0 Å². The Balaban J connectivity index is 3.03. The van der Waals surface area contributed by atoms with Gasteiger partial charge < -0.3 is 10.8 Å². The zero-order valence-electron chi connectivity index (χ0n) is 10.8. The molecule has 0 unspecified atom stereocenters. The lowest BCUT2D eigenvalue weighted by Gasteiger charge is -2.06. The van der Waals surface area contributed by atoms with Crippen LogP contribution in [0.25, 0.3) is 0 Å². The van der Waals surface area contributed by atoms with Gasteiger partial charge in [-0.2, -0.15) is 5.10 Å². The van der Waals surface area contributed by atoms with Crippen LogP contribution in [0.15, 0.2) is 4.90 Å². The Labute approximate surface area is 114 Å². The first kappa shape index (κ1) is 16.1. The summed E-state index contributed by atoms with van der Waals surface area (Å²) in [6, 6.07) is 0. The van der Waals surface area contributed by atoms with Crippen molar-refractivity contribution in [3.63, 3.8) is 0 Å². The summed E-state index contributed by atoms with van der Waals surface area (Å²) in [7, 11) is -4.09. The number of carboxylic acid groups (broad SMARTS) is 1. The molecule has 0 aliphatic heterocycles. The molecular weight excluding hydrogens is 292 g/mol. The highest BCUT2D eigenvalue weighted by Crippen LogP contribution is 2.19. The smallest absolute Gasteiger partial charge is 0.325 e. The average Bonchev–Trinajstić information content (AvgIpc) is 2.52. The van der Waals surface area contributed by atoms with Crippen LogP contribution in [-0.2, 0) is 31.0 Å². The zero-order chi connectivity index (χ0) is 15.5. The first-order chi connectivity index (χ1) is 9.15. The normalized spacial score (nSPS) is 11.5. The fourth-order valence-electron chi connectivity index (χ4n) is 1.57. The quantitative estimate of drug-likeness (QED) is 0.506. The van der Waals surface area contributed by atoms with Crippen molar-refractivity contribution >= 4 is 21.9 Å². The SMILES string of the molecule is Cc1nn(CC(=O)O)c(C)c1S(=O)(=O)NOCC(N)=O. The molecule has 0 atom stereocenters. The monoisotopic (exact) mass is 306 g/mol. The highest BCUT2D eigenvalue weighted by molar-refractivity contribution is 7.89. The van der Waals surface area contributed by atoms with Crippen LogP contribution in [0.3, 0.4) is 0 Å². The van der Waals surface area contributed by atoms with Crippen molar-refractivity contribution in [3.8, 4) is 0 Å². The number of carbonyl (C=O) groups excluding carboxylic acids is 1. The summed E-state index contributed by atoms with van der Waals surface area (Å²) in [6.07, 6.45) is 0. The number of hydrogen-bond acceptors (Lipinski definition) is 6. The Hall–Kier alpha value is -1.98. The average molecular weight is 306 g/mol. The Morgan fingerprint density at radius 3 is 2.55 bits per heavy atom. The first-order valence-corrected chi connectivity index (χ1v) is 6.81. The summed E-state index contributed by atoms with van der Waals surface area (Å²) in [5.74, 6) is -2.00. The van der Waals surface area contributed by atoms with Crippen LogP contribution in [0.5, 0.6) is 0 Å². The van der Waals surface area contributed by atoms with Crippen LogP contribution in [0.2, 0.25) is 0 Å². The van der Waals surface area contributed by atoms with Gasteiger partial charge in [0.25, 0.3) is 10.0 Å². The van der Waals surface area contributed by atoms with Gasteiger partial charge in [0.2, 0.25) is 5.91 Å². The van der Waals surface area contributed by atoms with Gasteiger partial charge in [0.15, 0.2) is 0 Å². The van der Waals surface area contributed by atoms with Crippen molar-refractivity contribution in [2.24, 2.45) is 5.73 Å². The van der Waals surface area contributed by atoms with Gasteiger partial charge in [-0.05, 0) is 13.8 Å². The van der Waals surface area contributed by atoms with Crippen LogP contribution in [0, 0.1) is 13.8 Å². The largest absolute Gasteiger partial charge is 0.480 e. The molecule has 4 N–H and O–H groups in total. The molecule has 1 heterocycles. The minimum Gasteiger partial charge on any atom is -0.480 e. The number of aliphatic carboxylic acids is 1. The van der Waals surface area contributed by atoms with E-state index in [1.807, 2.05) is 0 Å². The topological polar surface area (TPSA) is 154 Å². The molecule has 0 aliphatic rings. The van der Waals surface area contributed by atoms with Gasteiger partial charge in [-0.3, -0.25) is 19.1 Å². The number of aromatic nitrogens is 2. The van der Waals surface area contributed by atoms with Gasteiger partial charge in [-0.25, -0.2) is 8.42 Å². The van der Waals surface area contributed by atoms with Crippen LogP contribution >= 0.6 is 0 Å². The lowest BCUT2D eigenvalue weighted by molar-refractivity contribution is -0.138. The zero-order valence-corrected chi connectivity index (χ0v) is 11.6. The molecule has 1 amide bonds. The number of carbonyl (C=O) groups is 2. The van der Waals surface area contributed by atoms with Crippen molar-refractivity contribution in [1.82, 2.24) is 14.7 Å². The van der Waals surface area contributed by atoms with E-state index in [0.717, 1.165) is 4.68 Å². The van der Waals surface area contributed by atoms with Crippen molar-refractivity contribution in [1.29, 1.82) is 0 Å². The number of amides is 1. The van der Waals surface area contributed by atoms with E-state index in [1.54, 1.807) is 4.89 Å². The molecule has 0 aliphatic carbocycles. The molecule has 0 saturated heterocycles. The highest BCUT2D eigenvalue weighted by atomic mass is 32.2. The second-order valence-corrected chi connectivity index (χ2v) is 5.47. The standard InChI is InChI=1S/C9H14N4O6S/c1-5-9(6(2)13(11-5)3-8(15)16)20(17,18)12-19-4-7(10)14/h12H,3-4H2,1-2H3,(H2,10,14)(H,15,16). The number of nitrogens with two attached hydrogens (primary N) is 1. The van der Waals surface area contributed by atoms with Gasteiger partial charge in [0.1, 0.15) is 18.0 Å². The molecule has 1 rings (SSSR count). The summed E-state index contributed by atoms with van der Waals surface area (Å²) >= 11 is 0. The van der Waals surface area contributed by atoms with E-state index in [2.05, 4.69) is 9.94 Å². The summed E-state index contributed by atoms with van der Waals surface area (Å²) < 4.78 is 25.0. The summed E-state index contributed by atoms with van der Waals surface area (Å²) in [5, 5.41) is 12.5. The van der Waals surface area contributed by atoms with Crippen molar-refractivity contribution in [2.45, 2.75) is 25.3 Å². The fraction of sp³-hybridized carbons (Fsp3) is 0.444. The highest BCUT2D eigenvalue weighted by Gasteiger charge is 2.25. The molecule has 0 saturated carbocycles. The maximum absolute atomic E-state index is 12.0. The lowest BCUT2D eigenvalue weighted by Crippen LogP contribution is -2.30. The maximum atomic E-state index is 12.0. The minimum absolute atomic E-state index is 0.110. The predicted molar refractivity (Wildman–Crippen MR) is 64.8 cm³/mol.